The maximum atomic E-state index is 12.8. The number of nitrogens with zero attached hydrogens (tertiary/aromatic N) is 3. The molecule has 2 heterocycles. The molecule has 27 heavy (non-hydrogen) atoms. The van der Waals surface area contributed by atoms with E-state index in [0.717, 1.165) is 0 Å². The van der Waals surface area contributed by atoms with Gasteiger partial charge in [-0.15, -0.1) is 0 Å². The van der Waals surface area contributed by atoms with Gasteiger partial charge >= 0.3 is 5.97 Å². The summed E-state index contributed by atoms with van der Waals surface area (Å²) >= 11 is 0. The SMILES string of the molecule is CC1=C(C(=O)OCC(C)C)[C@@H](c2cccc3nonc23)C([N+](=O)[O-])=C(C)N1. The molecule has 1 atom stereocenters. The zero-order valence-electron chi connectivity index (χ0n) is 15.5. The highest BCUT2D eigenvalue weighted by atomic mass is 16.6. The third kappa shape index (κ3) is 3.40. The summed E-state index contributed by atoms with van der Waals surface area (Å²) in [6.45, 7) is 7.35. The molecular formula is C18H20N4O5. The van der Waals surface area contributed by atoms with E-state index in [2.05, 4.69) is 15.6 Å². The quantitative estimate of drug-likeness (QED) is 0.483. The summed E-state index contributed by atoms with van der Waals surface area (Å²) in [5, 5.41) is 22.4. The Balaban J connectivity index is 2.18. The topological polar surface area (TPSA) is 120 Å². The molecule has 0 unspecified atom stereocenters. The fourth-order valence-corrected chi connectivity index (χ4v) is 3.18. The second kappa shape index (κ2) is 7.18. The van der Waals surface area contributed by atoms with Gasteiger partial charge in [0, 0.05) is 11.3 Å². The van der Waals surface area contributed by atoms with Gasteiger partial charge in [-0.3, -0.25) is 10.1 Å². The number of nitro groups is 1. The minimum atomic E-state index is -0.948. The first-order valence-corrected chi connectivity index (χ1v) is 8.52. The van der Waals surface area contributed by atoms with Gasteiger partial charge in [-0.1, -0.05) is 26.0 Å². The van der Waals surface area contributed by atoms with E-state index in [1.165, 1.54) is 0 Å². The summed E-state index contributed by atoms with van der Waals surface area (Å²) in [5.74, 6) is -1.41. The molecule has 0 spiro atoms. The maximum absolute atomic E-state index is 12.8. The number of allylic oxidation sites excluding steroid dienone is 3. The van der Waals surface area contributed by atoms with E-state index in [1.807, 2.05) is 13.8 Å². The molecule has 0 fully saturated rings. The fourth-order valence-electron chi connectivity index (χ4n) is 3.18. The van der Waals surface area contributed by atoms with Gasteiger partial charge in [0.25, 0.3) is 5.70 Å². The summed E-state index contributed by atoms with van der Waals surface area (Å²) in [6, 6.07) is 5.07. The van der Waals surface area contributed by atoms with Gasteiger partial charge in [-0.2, -0.15) is 0 Å². The van der Waals surface area contributed by atoms with Gasteiger partial charge in [0.15, 0.2) is 0 Å². The molecule has 9 nitrogen and oxygen atoms in total. The predicted octanol–water partition coefficient (Wildman–Crippen LogP) is 2.89. The molecule has 9 heteroatoms. The molecule has 1 aliphatic rings. The van der Waals surface area contributed by atoms with Crippen LogP contribution in [-0.2, 0) is 9.53 Å². The second-order valence-corrected chi connectivity index (χ2v) is 6.84. The van der Waals surface area contributed by atoms with Gasteiger partial charge < -0.3 is 10.1 Å². The Hall–Kier alpha value is -3.23. The number of hydrogen-bond donors (Lipinski definition) is 1. The van der Waals surface area contributed by atoms with Crippen molar-refractivity contribution in [3.05, 3.63) is 56.5 Å². The number of fused-ring (bicyclic) bond motifs is 1. The number of dihydropyridines is 1. The van der Waals surface area contributed by atoms with Crippen LogP contribution in [0.25, 0.3) is 11.0 Å². The van der Waals surface area contributed by atoms with Crippen LogP contribution in [0.5, 0.6) is 0 Å². The van der Waals surface area contributed by atoms with Crippen molar-refractivity contribution in [2.24, 2.45) is 5.92 Å². The molecule has 0 aliphatic carbocycles. The van der Waals surface area contributed by atoms with Crippen LogP contribution in [-0.4, -0.2) is 27.8 Å². The summed E-state index contributed by atoms with van der Waals surface area (Å²) in [5.41, 5.74) is 2.22. The third-order valence-corrected chi connectivity index (χ3v) is 4.32. The smallest absolute Gasteiger partial charge is 0.337 e. The first kappa shape index (κ1) is 18.6. The minimum absolute atomic E-state index is 0.132. The summed E-state index contributed by atoms with van der Waals surface area (Å²) in [7, 11) is 0. The van der Waals surface area contributed by atoms with Gasteiger partial charge in [-0.05, 0) is 36.1 Å². The first-order chi connectivity index (χ1) is 12.8. The molecular weight excluding hydrogens is 352 g/mol. The van der Waals surface area contributed by atoms with Crippen molar-refractivity contribution in [3.63, 3.8) is 0 Å². The van der Waals surface area contributed by atoms with E-state index in [9.17, 15) is 14.9 Å². The zero-order chi connectivity index (χ0) is 19.7. The van der Waals surface area contributed by atoms with Crippen molar-refractivity contribution in [1.82, 2.24) is 15.6 Å². The molecule has 0 bridgehead atoms. The van der Waals surface area contributed by atoms with Crippen molar-refractivity contribution >= 4 is 17.0 Å². The number of carbonyl (C=O) groups is 1. The third-order valence-electron chi connectivity index (χ3n) is 4.32. The highest BCUT2D eigenvalue weighted by molar-refractivity contribution is 5.94. The average molecular weight is 372 g/mol. The number of aromatic nitrogens is 2. The van der Waals surface area contributed by atoms with Crippen LogP contribution >= 0.6 is 0 Å². The lowest BCUT2D eigenvalue weighted by atomic mass is 9.83. The standard InChI is InChI=1S/C18H20N4O5/c1-9(2)8-26-18(23)14-10(3)19-11(4)17(22(24)25)15(14)12-6-5-7-13-16(12)21-27-20-13/h5-7,9,15,19H,8H2,1-4H3/t15-/m1/s1. The maximum Gasteiger partial charge on any atom is 0.337 e. The second-order valence-electron chi connectivity index (χ2n) is 6.84. The van der Waals surface area contributed by atoms with E-state index in [0.29, 0.717) is 28.0 Å². The van der Waals surface area contributed by atoms with E-state index >= 15 is 0 Å². The predicted molar refractivity (Wildman–Crippen MR) is 95.9 cm³/mol. The van der Waals surface area contributed by atoms with E-state index in [-0.39, 0.29) is 23.8 Å². The largest absolute Gasteiger partial charge is 0.462 e. The first-order valence-electron chi connectivity index (χ1n) is 8.52. The van der Waals surface area contributed by atoms with E-state index < -0.39 is 16.8 Å². The van der Waals surface area contributed by atoms with Crippen molar-refractivity contribution in [2.75, 3.05) is 6.61 Å². The molecule has 2 aromatic rings. The highest BCUT2D eigenvalue weighted by Crippen LogP contribution is 2.40. The number of hydrogen-bond acceptors (Lipinski definition) is 8. The number of benzene rings is 1. The van der Waals surface area contributed by atoms with E-state index in [1.54, 1.807) is 32.0 Å². The summed E-state index contributed by atoms with van der Waals surface area (Å²) in [6.07, 6.45) is 0. The Morgan fingerprint density at radius 2 is 2.07 bits per heavy atom. The number of nitrogens with one attached hydrogen (secondary N) is 1. The van der Waals surface area contributed by atoms with Gasteiger partial charge in [-0.25, -0.2) is 9.42 Å². The minimum Gasteiger partial charge on any atom is -0.462 e. The van der Waals surface area contributed by atoms with Crippen LogP contribution in [0.15, 0.2) is 45.5 Å². The number of rotatable bonds is 5. The molecule has 0 amide bonds. The fraction of sp³-hybridized carbons (Fsp3) is 0.389. The van der Waals surface area contributed by atoms with Crippen LogP contribution in [0.1, 0.15) is 39.2 Å². The molecule has 3 rings (SSSR count). The lowest BCUT2D eigenvalue weighted by Gasteiger charge is -2.26. The molecule has 1 aromatic carbocycles. The average Bonchev–Trinajstić information content (AvgIpc) is 3.07. The van der Waals surface area contributed by atoms with Crippen LogP contribution in [0.3, 0.4) is 0 Å². The lowest BCUT2D eigenvalue weighted by Crippen LogP contribution is -2.32. The lowest BCUT2D eigenvalue weighted by molar-refractivity contribution is -0.431. The Morgan fingerprint density at radius 3 is 2.74 bits per heavy atom. The molecule has 1 N–H and O–H groups in total. The number of carbonyl (C=O) groups excluding carboxylic acids is 1. The van der Waals surface area contributed by atoms with Crippen molar-refractivity contribution < 1.29 is 19.1 Å². The normalized spacial score (nSPS) is 17.4. The number of ether oxygens (including phenoxy) is 1. The van der Waals surface area contributed by atoms with Crippen LogP contribution < -0.4 is 5.32 Å². The molecule has 0 saturated heterocycles. The molecule has 0 saturated carbocycles. The molecule has 1 aliphatic heterocycles. The number of esters is 1. The van der Waals surface area contributed by atoms with Crippen LogP contribution in [0.2, 0.25) is 0 Å². The molecule has 0 radical (unpaired) electrons. The monoisotopic (exact) mass is 372 g/mol. The van der Waals surface area contributed by atoms with Crippen molar-refractivity contribution in [2.45, 2.75) is 33.6 Å². The van der Waals surface area contributed by atoms with Crippen LogP contribution in [0.4, 0.5) is 0 Å². The van der Waals surface area contributed by atoms with Crippen molar-refractivity contribution in [1.29, 1.82) is 0 Å². The zero-order valence-corrected chi connectivity index (χ0v) is 15.5. The Bertz CT molecular complexity index is 973. The van der Waals surface area contributed by atoms with Gasteiger partial charge in [0.1, 0.15) is 17.0 Å². The Kier molecular flexibility index (Phi) is 4.93. The Morgan fingerprint density at radius 1 is 1.33 bits per heavy atom. The highest BCUT2D eigenvalue weighted by Gasteiger charge is 2.42. The van der Waals surface area contributed by atoms with Gasteiger partial charge in [0.05, 0.1) is 22.8 Å². The van der Waals surface area contributed by atoms with Gasteiger partial charge in [0.2, 0.25) is 0 Å². The Labute approximate surface area is 155 Å². The summed E-state index contributed by atoms with van der Waals surface area (Å²) < 4.78 is 10.2. The summed E-state index contributed by atoms with van der Waals surface area (Å²) in [4.78, 5) is 24.2. The van der Waals surface area contributed by atoms with Crippen molar-refractivity contribution in [3.8, 4) is 0 Å². The van der Waals surface area contributed by atoms with Crippen LogP contribution in [0, 0.1) is 16.0 Å². The van der Waals surface area contributed by atoms with E-state index in [4.69, 9.17) is 9.37 Å². The molecule has 142 valence electrons. The molecule has 1 aromatic heterocycles.